The largest absolute Gasteiger partial charge is 0.508 e. The Bertz CT molecular complexity index is 1170. The van der Waals surface area contributed by atoms with Gasteiger partial charge >= 0.3 is 5.97 Å². The SMILES string of the molecule is O=C(O)[C@]1(O)O[C@@H]2[C@@H](Cc3nc4c(O)cccc4nc3[C@@H]2O)[C@H]1c1ccc(O)cc1. The van der Waals surface area contributed by atoms with Gasteiger partial charge in [-0.15, -0.1) is 0 Å². The zero-order chi connectivity index (χ0) is 21.2. The van der Waals surface area contributed by atoms with E-state index in [2.05, 4.69) is 9.97 Å². The first kappa shape index (κ1) is 18.7. The number of aliphatic hydroxyl groups is 2. The summed E-state index contributed by atoms with van der Waals surface area (Å²) >= 11 is 0. The number of carboxylic acids is 1. The zero-order valence-corrected chi connectivity index (χ0v) is 15.5. The number of rotatable bonds is 2. The molecule has 30 heavy (non-hydrogen) atoms. The van der Waals surface area contributed by atoms with Gasteiger partial charge in [0.05, 0.1) is 28.9 Å². The van der Waals surface area contributed by atoms with E-state index in [4.69, 9.17) is 4.74 Å². The summed E-state index contributed by atoms with van der Waals surface area (Å²) in [6.45, 7) is 0. The summed E-state index contributed by atoms with van der Waals surface area (Å²) in [5, 5.41) is 51.3. The Balaban J connectivity index is 1.66. The summed E-state index contributed by atoms with van der Waals surface area (Å²) < 4.78 is 5.54. The minimum atomic E-state index is -2.57. The third-order valence-electron chi connectivity index (χ3n) is 5.94. The lowest BCUT2D eigenvalue weighted by atomic mass is 9.73. The van der Waals surface area contributed by atoms with E-state index in [-0.39, 0.29) is 29.1 Å². The number of fused-ring (bicyclic) bond motifs is 3. The van der Waals surface area contributed by atoms with Crippen molar-refractivity contribution in [2.45, 2.75) is 30.3 Å². The summed E-state index contributed by atoms with van der Waals surface area (Å²) in [6, 6.07) is 10.5. The molecule has 2 aliphatic rings. The maximum Gasteiger partial charge on any atom is 0.364 e. The second kappa shape index (κ2) is 6.36. The van der Waals surface area contributed by atoms with E-state index in [1.165, 1.54) is 30.3 Å². The molecule has 0 unspecified atom stereocenters. The van der Waals surface area contributed by atoms with Crippen LogP contribution in [0.4, 0.5) is 0 Å². The minimum absolute atomic E-state index is 0.00471. The summed E-state index contributed by atoms with van der Waals surface area (Å²) in [5.41, 5.74) is 1.73. The van der Waals surface area contributed by atoms with Crippen molar-refractivity contribution in [3.05, 3.63) is 59.4 Å². The Morgan fingerprint density at radius 2 is 1.83 bits per heavy atom. The lowest BCUT2D eigenvalue weighted by Gasteiger charge is -2.32. The number of nitrogens with zero attached hydrogens (tertiary/aromatic N) is 2. The molecule has 1 aliphatic carbocycles. The summed E-state index contributed by atoms with van der Waals surface area (Å²) in [4.78, 5) is 20.8. The summed E-state index contributed by atoms with van der Waals surface area (Å²) in [6.07, 6.45) is -2.16. The number of phenols is 2. The predicted octanol–water partition coefficient (Wildman–Crippen LogP) is 1.20. The number of aromatic nitrogens is 2. The van der Waals surface area contributed by atoms with E-state index >= 15 is 0 Å². The van der Waals surface area contributed by atoms with Crippen molar-refractivity contribution in [2.75, 3.05) is 0 Å². The number of aliphatic carboxylic acids is 1. The molecule has 1 fully saturated rings. The molecule has 1 aromatic heterocycles. The molecule has 9 heteroatoms. The highest BCUT2D eigenvalue weighted by molar-refractivity contribution is 5.81. The number of ether oxygens (including phenoxy) is 1. The molecule has 0 amide bonds. The van der Waals surface area contributed by atoms with Crippen molar-refractivity contribution < 1.29 is 35.1 Å². The number of carbonyl (C=O) groups is 1. The molecule has 5 rings (SSSR count). The Labute approximate surface area is 169 Å². The van der Waals surface area contributed by atoms with Crippen LogP contribution in [0.25, 0.3) is 11.0 Å². The number of aliphatic hydroxyl groups excluding tert-OH is 1. The maximum atomic E-state index is 12.0. The molecule has 0 spiro atoms. The van der Waals surface area contributed by atoms with Gasteiger partial charge in [0.1, 0.15) is 23.1 Å². The highest BCUT2D eigenvalue weighted by Crippen LogP contribution is 2.53. The average Bonchev–Trinajstić information content (AvgIpc) is 3.02. The van der Waals surface area contributed by atoms with Crippen LogP contribution in [-0.2, 0) is 16.0 Å². The molecular formula is C21H18N2O7. The fourth-order valence-electron chi connectivity index (χ4n) is 4.60. The van der Waals surface area contributed by atoms with Gasteiger partial charge in [-0.05, 0) is 36.2 Å². The Morgan fingerprint density at radius 3 is 2.53 bits per heavy atom. The summed E-state index contributed by atoms with van der Waals surface area (Å²) in [7, 11) is 0. The van der Waals surface area contributed by atoms with Gasteiger partial charge in [0, 0.05) is 5.92 Å². The second-order valence-electron chi connectivity index (χ2n) is 7.67. The van der Waals surface area contributed by atoms with Crippen LogP contribution in [0.1, 0.15) is 29.0 Å². The van der Waals surface area contributed by atoms with E-state index in [0.29, 0.717) is 16.8 Å². The van der Waals surface area contributed by atoms with Gasteiger partial charge in [0.25, 0.3) is 5.79 Å². The van der Waals surface area contributed by atoms with Crippen LogP contribution in [0.15, 0.2) is 42.5 Å². The third-order valence-corrected chi connectivity index (χ3v) is 5.94. The molecule has 154 valence electrons. The van der Waals surface area contributed by atoms with Crippen LogP contribution >= 0.6 is 0 Å². The van der Waals surface area contributed by atoms with E-state index < -0.39 is 35.8 Å². The molecule has 2 aromatic carbocycles. The van der Waals surface area contributed by atoms with Gasteiger partial charge < -0.3 is 30.3 Å². The van der Waals surface area contributed by atoms with Crippen molar-refractivity contribution in [3.63, 3.8) is 0 Å². The lowest BCUT2D eigenvalue weighted by molar-refractivity contribution is -0.229. The number of benzene rings is 2. The average molecular weight is 410 g/mol. The fourth-order valence-corrected chi connectivity index (χ4v) is 4.60. The van der Waals surface area contributed by atoms with Crippen LogP contribution in [0.3, 0.4) is 0 Å². The molecule has 5 atom stereocenters. The fraction of sp³-hybridized carbons (Fsp3) is 0.286. The van der Waals surface area contributed by atoms with Gasteiger partial charge in [-0.3, -0.25) is 0 Å². The Hall–Kier alpha value is -3.27. The Kier molecular flexibility index (Phi) is 3.97. The van der Waals surface area contributed by atoms with Crippen molar-refractivity contribution in [1.82, 2.24) is 9.97 Å². The number of hydrogen-bond donors (Lipinski definition) is 5. The topological polar surface area (TPSA) is 153 Å². The number of phenolic OH excluding ortho intramolecular Hbond substituents is 2. The normalized spacial score (nSPS) is 30.1. The molecule has 9 nitrogen and oxygen atoms in total. The predicted molar refractivity (Wildman–Crippen MR) is 102 cm³/mol. The standard InChI is InChI=1S/C21H18N2O7/c24-10-6-4-9(5-7-10)15-11-8-13-17(18(26)19(11)30-21(15,29)20(27)28)22-12-2-1-3-14(25)16(12)23-13/h1-7,11,15,18-19,24-26,29H,8H2,(H,27,28)/t11-,15+,18-,19+,21+/m0/s1. The van der Waals surface area contributed by atoms with Crippen molar-refractivity contribution >= 4 is 17.0 Å². The molecule has 0 radical (unpaired) electrons. The number of aromatic hydroxyl groups is 2. The van der Waals surface area contributed by atoms with Gasteiger partial charge in [-0.1, -0.05) is 18.2 Å². The first-order valence-corrected chi connectivity index (χ1v) is 9.38. The van der Waals surface area contributed by atoms with Crippen molar-refractivity contribution in [1.29, 1.82) is 0 Å². The molecule has 0 bridgehead atoms. The first-order valence-electron chi connectivity index (χ1n) is 9.38. The van der Waals surface area contributed by atoms with E-state index in [1.54, 1.807) is 12.1 Å². The molecule has 1 saturated heterocycles. The number of carboxylic acid groups (broad SMARTS) is 1. The molecule has 1 aliphatic heterocycles. The highest BCUT2D eigenvalue weighted by Gasteiger charge is 2.63. The van der Waals surface area contributed by atoms with Gasteiger partial charge in [0.15, 0.2) is 0 Å². The first-order chi connectivity index (χ1) is 14.3. The molecule has 5 N–H and O–H groups in total. The van der Waals surface area contributed by atoms with Gasteiger partial charge in [-0.2, -0.15) is 0 Å². The van der Waals surface area contributed by atoms with E-state index in [9.17, 15) is 30.3 Å². The quantitative estimate of drug-likeness (QED) is 0.419. The Morgan fingerprint density at radius 1 is 1.10 bits per heavy atom. The maximum absolute atomic E-state index is 12.0. The third kappa shape index (κ3) is 2.56. The second-order valence-corrected chi connectivity index (χ2v) is 7.67. The van der Waals surface area contributed by atoms with Crippen molar-refractivity contribution in [3.8, 4) is 11.5 Å². The van der Waals surface area contributed by atoms with Gasteiger partial charge in [-0.25, -0.2) is 14.8 Å². The lowest BCUT2D eigenvalue weighted by Crippen LogP contribution is -2.43. The molecule has 3 aromatic rings. The number of para-hydroxylation sites is 1. The monoisotopic (exact) mass is 410 g/mol. The smallest absolute Gasteiger partial charge is 0.364 e. The van der Waals surface area contributed by atoms with Gasteiger partial charge in [0.2, 0.25) is 0 Å². The van der Waals surface area contributed by atoms with Crippen LogP contribution in [0.2, 0.25) is 0 Å². The van der Waals surface area contributed by atoms with Crippen molar-refractivity contribution in [2.24, 2.45) is 5.92 Å². The number of hydrogen-bond acceptors (Lipinski definition) is 8. The van der Waals surface area contributed by atoms with Crippen LogP contribution in [0.5, 0.6) is 11.5 Å². The molecule has 0 saturated carbocycles. The minimum Gasteiger partial charge on any atom is -0.508 e. The highest BCUT2D eigenvalue weighted by atomic mass is 16.7. The van der Waals surface area contributed by atoms with Crippen LogP contribution < -0.4 is 0 Å². The molecular weight excluding hydrogens is 392 g/mol. The zero-order valence-electron chi connectivity index (χ0n) is 15.5. The van der Waals surface area contributed by atoms with Crippen LogP contribution in [-0.4, -0.2) is 53.4 Å². The van der Waals surface area contributed by atoms with E-state index in [1.807, 2.05) is 0 Å². The van der Waals surface area contributed by atoms with E-state index in [0.717, 1.165) is 0 Å². The van der Waals surface area contributed by atoms with Crippen LogP contribution in [0, 0.1) is 5.92 Å². The molecule has 2 heterocycles. The summed E-state index contributed by atoms with van der Waals surface area (Å²) in [5.74, 6) is -5.86.